The molecule has 3 aromatic rings. The van der Waals surface area contributed by atoms with Crippen LogP contribution in [0.2, 0.25) is 0 Å². The van der Waals surface area contributed by atoms with Gasteiger partial charge in [-0.1, -0.05) is 50.2 Å². The van der Waals surface area contributed by atoms with E-state index in [2.05, 4.69) is 35.9 Å². The maximum Gasteiger partial charge on any atom is 0.194 e. The van der Waals surface area contributed by atoms with Gasteiger partial charge in [-0.15, -0.1) is 0 Å². The highest BCUT2D eigenvalue weighted by molar-refractivity contribution is 5.94. The van der Waals surface area contributed by atoms with Crippen LogP contribution >= 0.6 is 0 Å². The zero-order valence-corrected chi connectivity index (χ0v) is 15.8. The number of rotatable bonds is 4. The third kappa shape index (κ3) is 2.97. The van der Waals surface area contributed by atoms with Crippen molar-refractivity contribution >= 4 is 22.4 Å². The molecule has 0 atom stereocenters. The number of fused-ring (bicyclic) bond motifs is 2. The average Bonchev–Trinajstić information content (AvgIpc) is 2.87. The minimum absolute atomic E-state index is 0.0144. The van der Waals surface area contributed by atoms with Crippen LogP contribution in [0.3, 0.4) is 0 Å². The monoisotopic (exact) mass is 358 g/mol. The number of ether oxygens (including phenoxy) is 1. The van der Waals surface area contributed by atoms with E-state index < -0.39 is 0 Å². The maximum atomic E-state index is 12.6. The first kappa shape index (κ1) is 17.3. The maximum absolute atomic E-state index is 12.6. The second-order valence-corrected chi connectivity index (χ2v) is 7.32. The largest absolute Gasteiger partial charge is 0.483 e. The minimum Gasteiger partial charge on any atom is -0.483 e. The summed E-state index contributed by atoms with van der Waals surface area (Å²) in [5.41, 5.74) is 3.90. The molecule has 1 aliphatic heterocycles. The third-order valence-electron chi connectivity index (χ3n) is 5.20. The molecule has 4 nitrogen and oxygen atoms in total. The number of ketones is 1. The van der Waals surface area contributed by atoms with Crippen molar-refractivity contribution in [2.75, 3.05) is 18.6 Å². The van der Waals surface area contributed by atoms with Gasteiger partial charge in [0.15, 0.2) is 12.4 Å². The molecule has 4 heteroatoms. The number of hydrogen-bond acceptors (Lipinski definition) is 4. The lowest BCUT2D eigenvalue weighted by Gasteiger charge is -2.24. The van der Waals surface area contributed by atoms with Gasteiger partial charge in [-0.2, -0.15) is 0 Å². The molecule has 0 fully saturated rings. The van der Waals surface area contributed by atoms with Crippen molar-refractivity contribution in [1.29, 1.82) is 0 Å². The van der Waals surface area contributed by atoms with Gasteiger partial charge >= 0.3 is 0 Å². The molecule has 1 aromatic heterocycles. The van der Waals surface area contributed by atoms with E-state index in [1.54, 1.807) is 12.3 Å². The van der Waals surface area contributed by atoms with Crippen molar-refractivity contribution in [3.8, 4) is 5.75 Å². The van der Waals surface area contributed by atoms with Gasteiger partial charge in [0.2, 0.25) is 0 Å². The van der Waals surface area contributed by atoms with E-state index in [-0.39, 0.29) is 17.8 Å². The molecule has 1 aliphatic rings. The van der Waals surface area contributed by atoms with E-state index >= 15 is 0 Å². The Bertz CT molecular complexity index is 1050. The molecule has 0 saturated carbocycles. The van der Waals surface area contributed by atoms with Crippen molar-refractivity contribution in [2.24, 2.45) is 0 Å². The molecule has 2 heterocycles. The van der Waals surface area contributed by atoms with Gasteiger partial charge in [-0.3, -0.25) is 9.78 Å². The van der Waals surface area contributed by atoms with Crippen molar-refractivity contribution in [2.45, 2.75) is 19.3 Å². The van der Waals surface area contributed by atoms with Crippen molar-refractivity contribution in [1.82, 2.24) is 4.98 Å². The van der Waals surface area contributed by atoms with Gasteiger partial charge in [0.25, 0.3) is 0 Å². The SMILES string of the molecule is CN1/C(=C/C(=O)COc2cccc3cccnc23)C(C)(C)c2ccccc21. The van der Waals surface area contributed by atoms with Crippen LogP contribution in [0.4, 0.5) is 5.69 Å². The second kappa shape index (κ2) is 6.54. The van der Waals surface area contributed by atoms with Crippen LogP contribution in [0.5, 0.6) is 5.75 Å². The summed E-state index contributed by atoms with van der Waals surface area (Å²) in [5.74, 6) is 0.563. The molecule has 0 unspecified atom stereocenters. The number of carbonyl (C=O) groups is 1. The molecule has 0 aliphatic carbocycles. The summed E-state index contributed by atoms with van der Waals surface area (Å²) < 4.78 is 5.80. The Labute approximate surface area is 159 Å². The van der Waals surface area contributed by atoms with E-state index in [0.717, 1.165) is 22.3 Å². The second-order valence-electron chi connectivity index (χ2n) is 7.32. The van der Waals surface area contributed by atoms with Gasteiger partial charge in [0.1, 0.15) is 11.3 Å². The molecule has 27 heavy (non-hydrogen) atoms. The van der Waals surface area contributed by atoms with Crippen molar-refractivity contribution in [3.05, 3.63) is 78.1 Å². The van der Waals surface area contributed by atoms with Gasteiger partial charge in [-0.05, 0) is 23.8 Å². The topological polar surface area (TPSA) is 42.4 Å². The first-order valence-corrected chi connectivity index (χ1v) is 9.03. The lowest BCUT2D eigenvalue weighted by molar-refractivity contribution is -0.116. The summed E-state index contributed by atoms with van der Waals surface area (Å²) in [5, 5.41) is 0.993. The van der Waals surface area contributed by atoms with Crippen LogP contribution in [0.15, 0.2) is 72.6 Å². The molecule has 136 valence electrons. The average molecular weight is 358 g/mol. The number of carbonyl (C=O) groups excluding carboxylic acids is 1. The molecule has 0 radical (unpaired) electrons. The lowest BCUT2D eigenvalue weighted by atomic mass is 9.83. The Morgan fingerprint density at radius 2 is 1.89 bits per heavy atom. The van der Waals surface area contributed by atoms with Crippen LogP contribution in [-0.2, 0) is 10.2 Å². The Balaban J connectivity index is 1.56. The van der Waals surface area contributed by atoms with E-state index in [9.17, 15) is 4.79 Å². The molecule has 0 saturated heterocycles. The number of aromatic nitrogens is 1. The van der Waals surface area contributed by atoms with Crippen LogP contribution in [-0.4, -0.2) is 24.4 Å². The van der Waals surface area contributed by atoms with Crippen molar-refractivity contribution in [3.63, 3.8) is 0 Å². The van der Waals surface area contributed by atoms with Crippen molar-refractivity contribution < 1.29 is 9.53 Å². The van der Waals surface area contributed by atoms with Gasteiger partial charge < -0.3 is 9.64 Å². The number of anilines is 1. The standard InChI is InChI=1S/C23H22N2O2/c1-23(2)18-10-4-5-11-19(18)25(3)21(23)14-17(26)15-27-20-12-6-8-16-9-7-13-24-22(16)20/h4-14H,15H2,1-3H3/b21-14+. The smallest absolute Gasteiger partial charge is 0.194 e. The van der Waals surface area contributed by atoms with Crippen LogP contribution in [0.1, 0.15) is 19.4 Å². The first-order chi connectivity index (χ1) is 13.0. The third-order valence-corrected chi connectivity index (χ3v) is 5.20. The number of pyridine rings is 1. The van der Waals surface area contributed by atoms with Crippen LogP contribution in [0, 0.1) is 0 Å². The molecule has 0 spiro atoms. The fourth-order valence-corrected chi connectivity index (χ4v) is 3.79. The molecule has 0 amide bonds. The van der Waals surface area contributed by atoms with Gasteiger partial charge in [0, 0.05) is 41.5 Å². The zero-order valence-electron chi connectivity index (χ0n) is 15.8. The number of likely N-dealkylation sites (N-methyl/N-ethyl adjacent to an activating group) is 1. The summed E-state index contributed by atoms with van der Waals surface area (Å²) in [6.07, 6.45) is 3.44. The van der Waals surface area contributed by atoms with E-state index in [0.29, 0.717) is 5.75 Å². The van der Waals surface area contributed by atoms with E-state index in [1.165, 1.54) is 5.56 Å². The number of hydrogen-bond donors (Lipinski definition) is 0. The molecular weight excluding hydrogens is 336 g/mol. The predicted octanol–water partition coefficient (Wildman–Crippen LogP) is 4.49. The first-order valence-electron chi connectivity index (χ1n) is 9.03. The Kier molecular flexibility index (Phi) is 4.19. The predicted molar refractivity (Wildman–Crippen MR) is 108 cm³/mol. The molecular formula is C23H22N2O2. The number of allylic oxidation sites excluding steroid dienone is 1. The molecule has 2 aromatic carbocycles. The van der Waals surface area contributed by atoms with Crippen LogP contribution < -0.4 is 9.64 Å². The quantitative estimate of drug-likeness (QED) is 0.644. The molecule has 4 rings (SSSR count). The van der Waals surface area contributed by atoms with Crippen LogP contribution in [0.25, 0.3) is 10.9 Å². The molecule has 0 bridgehead atoms. The fourth-order valence-electron chi connectivity index (χ4n) is 3.79. The lowest BCUT2D eigenvalue weighted by Crippen LogP contribution is -2.25. The molecule has 0 N–H and O–H groups in total. The van der Waals surface area contributed by atoms with E-state index in [4.69, 9.17) is 4.74 Å². The van der Waals surface area contributed by atoms with Gasteiger partial charge in [-0.25, -0.2) is 0 Å². The summed E-state index contributed by atoms with van der Waals surface area (Å²) in [4.78, 5) is 19.1. The van der Waals surface area contributed by atoms with Gasteiger partial charge in [0.05, 0.1) is 0 Å². The normalized spacial score (nSPS) is 16.6. The number of nitrogens with zero attached hydrogens (tertiary/aromatic N) is 2. The fraction of sp³-hybridized carbons (Fsp3) is 0.217. The Hall–Kier alpha value is -3.14. The number of para-hydroxylation sites is 2. The summed E-state index contributed by atoms with van der Waals surface area (Å²) in [6.45, 7) is 4.27. The Morgan fingerprint density at radius 3 is 2.70 bits per heavy atom. The highest BCUT2D eigenvalue weighted by atomic mass is 16.5. The van der Waals surface area contributed by atoms with E-state index in [1.807, 2.05) is 49.5 Å². The highest BCUT2D eigenvalue weighted by Crippen LogP contribution is 2.46. The summed E-state index contributed by atoms with van der Waals surface area (Å²) in [7, 11) is 2.00. The highest BCUT2D eigenvalue weighted by Gasteiger charge is 2.38. The number of benzene rings is 2. The Morgan fingerprint density at radius 1 is 1.11 bits per heavy atom. The zero-order chi connectivity index (χ0) is 19.0. The minimum atomic E-state index is -0.220. The summed E-state index contributed by atoms with van der Waals surface area (Å²) >= 11 is 0. The summed E-state index contributed by atoms with van der Waals surface area (Å²) in [6, 6.07) is 17.9.